The van der Waals surface area contributed by atoms with Crippen molar-refractivity contribution in [2.75, 3.05) is 6.54 Å². The molecule has 6 nitrogen and oxygen atoms in total. The SMILES string of the molecule is CCn1nccc1C1CCCN1C(=O)c1c(Cl)cnn1CC. The highest BCUT2D eigenvalue weighted by Crippen LogP contribution is 2.34. The van der Waals surface area contributed by atoms with Crippen LogP contribution >= 0.6 is 11.6 Å². The molecular weight excluding hydrogens is 302 g/mol. The molecular formula is C15H20ClN5O. The van der Waals surface area contributed by atoms with Crippen molar-refractivity contribution >= 4 is 17.5 Å². The van der Waals surface area contributed by atoms with Crippen molar-refractivity contribution in [2.24, 2.45) is 0 Å². The summed E-state index contributed by atoms with van der Waals surface area (Å²) in [5.41, 5.74) is 1.57. The van der Waals surface area contributed by atoms with Gasteiger partial charge in [-0.3, -0.25) is 14.2 Å². The molecule has 7 heteroatoms. The highest BCUT2D eigenvalue weighted by molar-refractivity contribution is 6.33. The van der Waals surface area contributed by atoms with E-state index in [1.165, 1.54) is 0 Å². The predicted molar refractivity (Wildman–Crippen MR) is 83.8 cm³/mol. The van der Waals surface area contributed by atoms with Gasteiger partial charge >= 0.3 is 0 Å². The fraction of sp³-hybridized carbons (Fsp3) is 0.533. The summed E-state index contributed by atoms with van der Waals surface area (Å²) in [4.78, 5) is 14.9. The summed E-state index contributed by atoms with van der Waals surface area (Å²) in [6.45, 7) is 6.17. The number of hydrogen-bond acceptors (Lipinski definition) is 3. The Balaban J connectivity index is 1.93. The van der Waals surface area contributed by atoms with Gasteiger partial charge in [-0.25, -0.2) is 0 Å². The zero-order valence-corrected chi connectivity index (χ0v) is 13.6. The molecule has 1 fully saturated rings. The van der Waals surface area contributed by atoms with E-state index in [0.29, 0.717) is 17.3 Å². The molecule has 1 amide bonds. The van der Waals surface area contributed by atoms with Crippen LogP contribution in [0.5, 0.6) is 0 Å². The van der Waals surface area contributed by atoms with Crippen molar-refractivity contribution < 1.29 is 4.79 Å². The highest BCUT2D eigenvalue weighted by Gasteiger charge is 2.34. The third-order valence-corrected chi connectivity index (χ3v) is 4.48. The average Bonchev–Trinajstić information content (AvgIpc) is 3.24. The molecule has 2 aromatic rings. The van der Waals surface area contributed by atoms with Crippen molar-refractivity contribution in [2.45, 2.75) is 45.8 Å². The number of aryl methyl sites for hydroxylation is 2. The third-order valence-electron chi connectivity index (χ3n) is 4.20. The number of likely N-dealkylation sites (tertiary alicyclic amines) is 1. The quantitative estimate of drug-likeness (QED) is 0.870. The molecule has 1 aliphatic rings. The minimum Gasteiger partial charge on any atom is -0.329 e. The van der Waals surface area contributed by atoms with Crippen molar-refractivity contribution in [3.05, 3.63) is 34.9 Å². The maximum absolute atomic E-state index is 13.0. The summed E-state index contributed by atoms with van der Waals surface area (Å²) in [5, 5.41) is 8.91. The lowest BCUT2D eigenvalue weighted by Crippen LogP contribution is -2.33. The van der Waals surface area contributed by atoms with Gasteiger partial charge in [-0.2, -0.15) is 10.2 Å². The summed E-state index contributed by atoms with van der Waals surface area (Å²) in [6.07, 6.45) is 5.28. The Labute approximate surface area is 134 Å². The van der Waals surface area contributed by atoms with Gasteiger partial charge in [0.2, 0.25) is 0 Å². The van der Waals surface area contributed by atoms with Crippen LogP contribution in [-0.4, -0.2) is 36.9 Å². The van der Waals surface area contributed by atoms with Gasteiger partial charge in [-0.15, -0.1) is 0 Å². The molecule has 1 unspecified atom stereocenters. The van der Waals surface area contributed by atoms with Crippen LogP contribution in [0.1, 0.15) is 48.9 Å². The lowest BCUT2D eigenvalue weighted by Gasteiger charge is -2.25. The Morgan fingerprint density at radius 3 is 2.82 bits per heavy atom. The summed E-state index contributed by atoms with van der Waals surface area (Å²) in [5.74, 6) is -0.0456. The minimum atomic E-state index is -0.0456. The van der Waals surface area contributed by atoms with Crippen LogP contribution in [0.25, 0.3) is 0 Å². The van der Waals surface area contributed by atoms with Gasteiger partial charge in [-0.05, 0) is 32.8 Å². The van der Waals surface area contributed by atoms with Gasteiger partial charge in [0.1, 0.15) is 5.69 Å². The standard InChI is InChI=1S/C15H20ClN5O/c1-3-20-13(7-8-17-20)12-6-5-9-19(12)15(22)14-11(16)10-18-21(14)4-2/h7-8,10,12H,3-6,9H2,1-2H3. The normalized spacial score (nSPS) is 18.1. The van der Waals surface area contributed by atoms with Crippen LogP contribution in [0.2, 0.25) is 5.02 Å². The summed E-state index contributed by atoms with van der Waals surface area (Å²) in [7, 11) is 0. The summed E-state index contributed by atoms with van der Waals surface area (Å²) >= 11 is 6.18. The van der Waals surface area contributed by atoms with Crippen molar-refractivity contribution in [1.29, 1.82) is 0 Å². The number of rotatable bonds is 4. The predicted octanol–water partition coefficient (Wildman–Crippen LogP) is 2.75. The van der Waals surface area contributed by atoms with Gasteiger partial charge in [0, 0.05) is 25.8 Å². The van der Waals surface area contributed by atoms with Crippen LogP contribution in [0, 0.1) is 0 Å². The van der Waals surface area contributed by atoms with E-state index in [1.54, 1.807) is 17.1 Å². The van der Waals surface area contributed by atoms with E-state index in [1.807, 2.05) is 22.6 Å². The maximum Gasteiger partial charge on any atom is 0.274 e. The second-order valence-corrected chi connectivity index (χ2v) is 5.79. The second-order valence-electron chi connectivity index (χ2n) is 5.39. The molecule has 22 heavy (non-hydrogen) atoms. The fourth-order valence-electron chi connectivity index (χ4n) is 3.16. The molecule has 0 saturated carbocycles. The van der Waals surface area contributed by atoms with Crippen LogP contribution in [0.3, 0.4) is 0 Å². The average molecular weight is 322 g/mol. The van der Waals surface area contributed by atoms with Crippen LogP contribution < -0.4 is 0 Å². The monoisotopic (exact) mass is 321 g/mol. The highest BCUT2D eigenvalue weighted by atomic mass is 35.5. The molecule has 1 atom stereocenters. The summed E-state index contributed by atoms with van der Waals surface area (Å²) < 4.78 is 3.62. The molecule has 3 heterocycles. The number of amides is 1. The molecule has 3 rings (SSSR count). The number of aromatic nitrogens is 4. The second kappa shape index (κ2) is 6.12. The Hall–Kier alpha value is -1.82. The van der Waals surface area contributed by atoms with Gasteiger partial charge < -0.3 is 4.90 Å². The van der Waals surface area contributed by atoms with Crippen LogP contribution in [0.15, 0.2) is 18.5 Å². The number of carbonyl (C=O) groups excluding carboxylic acids is 1. The van der Waals surface area contributed by atoms with Gasteiger partial charge in [0.15, 0.2) is 0 Å². The third kappa shape index (κ3) is 2.41. The maximum atomic E-state index is 13.0. The molecule has 0 N–H and O–H groups in total. The van der Waals surface area contributed by atoms with Crippen molar-refractivity contribution in [1.82, 2.24) is 24.5 Å². The first kappa shape index (κ1) is 15.1. The van der Waals surface area contributed by atoms with Crippen molar-refractivity contribution in [3.8, 4) is 0 Å². The van der Waals surface area contributed by atoms with Gasteiger partial charge in [0.05, 0.1) is 23.0 Å². The molecule has 1 aliphatic heterocycles. The molecule has 118 valence electrons. The van der Waals surface area contributed by atoms with E-state index in [-0.39, 0.29) is 11.9 Å². The Bertz CT molecular complexity index is 677. The Morgan fingerprint density at radius 1 is 1.32 bits per heavy atom. The smallest absolute Gasteiger partial charge is 0.274 e. The Morgan fingerprint density at radius 2 is 2.09 bits per heavy atom. The van der Waals surface area contributed by atoms with Gasteiger partial charge in [-0.1, -0.05) is 11.6 Å². The largest absolute Gasteiger partial charge is 0.329 e. The lowest BCUT2D eigenvalue weighted by atomic mass is 10.1. The molecule has 0 bridgehead atoms. The fourth-order valence-corrected chi connectivity index (χ4v) is 3.38. The van der Waals surface area contributed by atoms with Gasteiger partial charge in [0.25, 0.3) is 5.91 Å². The van der Waals surface area contributed by atoms with E-state index in [4.69, 9.17) is 11.6 Å². The number of hydrogen-bond donors (Lipinski definition) is 0. The molecule has 0 spiro atoms. The van der Waals surface area contributed by atoms with Crippen LogP contribution in [0.4, 0.5) is 0 Å². The van der Waals surface area contributed by atoms with Crippen molar-refractivity contribution in [3.63, 3.8) is 0 Å². The molecule has 2 aromatic heterocycles. The molecule has 0 aliphatic carbocycles. The minimum absolute atomic E-state index is 0.0456. The first-order chi connectivity index (χ1) is 10.7. The molecule has 0 radical (unpaired) electrons. The molecule has 0 aromatic carbocycles. The first-order valence-electron chi connectivity index (χ1n) is 7.71. The van der Waals surface area contributed by atoms with E-state index < -0.39 is 0 Å². The number of nitrogens with zero attached hydrogens (tertiary/aromatic N) is 5. The first-order valence-corrected chi connectivity index (χ1v) is 8.09. The van der Waals surface area contributed by atoms with E-state index in [9.17, 15) is 4.79 Å². The van der Waals surface area contributed by atoms with Crippen LogP contribution in [-0.2, 0) is 13.1 Å². The molecule has 1 saturated heterocycles. The van der Waals surface area contributed by atoms with E-state index >= 15 is 0 Å². The van der Waals surface area contributed by atoms with E-state index in [0.717, 1.165) is 31.6 Å². The Kier molecular flexibility index (Phi) is 4.20. The number of carbonyl (C=O) groups is 1. The zero-order chi connectivity index (χ0) is 15.7. The summed E-state index contributed by atoms with van der Waals surface area (Å²) in [6, 6.07) is 2.06. The number of halogens is 1. The lowest BCUT2D eigenvalue weighted by molar-refractivity contribution is 0.0717. The van der Waals surface area contributed by atoms with E-state index in [2.05, 4.69) is 17.1 Å². The zero-order valence-electron chi connectivity index (χ0n) is 12.9. The topological polar surface area (TPSA) is 56.0 Å².